The summed E-state index contributed by atoms with van der Waals surface area (Å²) < 4.78 is 0. The van der Waals surface area contributed by atoms with Crippen molar-refractivity contribution in [3.63, 3.8) is 0 Å². The Bertz CT molecular complexity index is 82.6. The topological polar surface area (TPSA) is 12.0 Å². The third-order valence-electron chi connectivity index (χ3n) is 1.74. The molecule has 1 N–H and O–H groups in total. The van der Waals surface area contributed by atoms with Crippen molar-refractivity contribution in [2.24, 2.45) is 5.92 Å². The molecule has 0 bridgehead atoms. The minimum atomic E-state index is 0.747. The first-order valence-electron chi connectivity index (χ1n) is 3.60. The second-order valence-electron chi connectivity index (χ2n) is 2.53. The molecule has 0 aromatic carbocycles. The van der Waals surface area contributed by atoms with E-state index >= 15 is 0 Å². The minimum absolute atomic E-state index is 0.747. The highest BCUT2D eigenvalue weighted by Crippen LogP contribution is 2.12. The van der Waals surface area contributed by atoms with E-state index in [0.29, 0.717) is 0 Å². The van der Waals surface area contributed by atoms with Crippen LogP contribution in [-0.2, 0) is 0 Å². The van der Waals surface area contributed by atoms with E-state index in [1.807, 2.05) is 6.08 Å². The summed E-state index contributed by atoms with van der Waals surface area (Å²) in [5.41, 5.74) is 0. The van der Waals surface area contributed by atoms with Gasteiger partial charge in [0.05, 0.1) is 0 Å². The molecule has 0 aromatic rings. The van der Waals surface area contributed by atoms with Gasteiger partial charge in [-0.05, 0) is 38.3 Å². The number of hydrogen-bond acceptors (Lipinski definition) is 1. The van der Waals surface area contributed by atoms with Crippen LogP contribution in [0.1, 0.15) is 12.8 Å². The van der Waals surface area contributed by atoms with E-state index < -0.39 is 0 Å². The maximum absolute atomic E-state index is 3.67. The van der Waals surface area contributed by atoms with E-state index in [4.69, 9.17) is 0 Å². The van der Waals surface area contributed by atoms with Crippen LogP contribution < -0.4 is 5.32 Å². The van der Waals surface area contributed by atoms with Crippen molar-refractivity contribution in [3.8, 4) is 0 Å². The monoisotopic (exact) mass is 126 g/mol. The fraction of sp³-hybridized carbons (Fsp3) is 0.625. The highest BCUT2D eigenvalue weighted by molar-refractivity contribution is 4.94. The van der Waals surface area contributed by atoms with Crippen molar-refractivity contribution in [2.75, 3.05) is 13.1 Å². The maximum Gasteiger partial charge on any atom is -0.00147 e. The molecule has 9 heavy (non-hydrogen) atoms. The molecule has 1 radical (unpaired) electrons. The van der Waals surface area contributed by atoms with Gasteiger partial charge in [-0.2, -0.15) is 0 Å². The van der Waals surface area contributed by atoms with Crippen LogP contribution in [0.25, 0.3) is 0 Å². The van der Waals surface area contributed by atoms with Crippen LogP contribution >= 0.6 is 0 Å². The average Bonchev–Trinajstić information content (AvgIpc) is 1.91. The first kappa shape index (κ1) is 6.81. The molecule has 1 unspecified atom stereocenters. The van der Waals surface area contributed by atoms with Crippen LogP contribution in [0.15, 0.2) is 12.7 Å². The fourth-order valence-electron chi connectivity index (χ4n) is 1.24. The van der Waals surface area contributed by atoms with Crippen molar-refractivity contribution in [3.05, 3.63) is 19.1 Å². The average molecular weight is 126 g/mol. The highest BCUT2D eigenvalue weighted by atomic mass is 15.4. The predicted molar refractivity (Wildman–Crippen MR) is 40.1 cm³/mol. The Balaban J connectivity index is 2.15. The molecule has 1 aliphatic heterocycles. The van der Waals surface area contributed by atoms with Gasteiger partial charge >= 0.3 is 0 Å². The van der Waals surface area contributed by atoms with E-state index in [-0.39, 0.29) is 0 Å². The first-order valence-corrected chi connectivity index (χ1v) is 3.60. The molecule has 1 fully saturated rings. The molecule has 1 heterocycles. The smallest absolute Gasteiger partial charge is 0.00147 e. The molecule has 0 aliphatic carbocycles. The van der Waals surface area contributed by atoms with E-state index in [1.54, 1.807) is 0 Å². The van der Waals surface area contributed by atoms with E-state index in [1.165, 1.54) is 19.4 Å². The van der Waals surface area contributed by atoms with Gasteiger partial charge < -0.3 is 5.32 Å². The summed E-state index contributed by atoms with van der Waals surface area (Å²) in [5, 5.41) is 3.34. The Labute approximate surface area is 57.1 Å². The lowest BCUT2D eigenvalue weighted by molar-refractivity contribution is 0.424. The van der Waals surface area contributed by atoms with Gasteiger partial charge in [-0.25, -0.2) is 0 Å². The fourth-order valence-corrected chi connectivity index (χ4v) is 1.24. The lowest BCUT2D eigenvalue weighted by Gasteiger charge is -2.20. The van der Waals surface area contributed by atoms with Gasteiger partial charge in [0.1, 0.15) is 0 Å². The largest absolute Gasteiger partial charge is 0.316 e. The van der Waals surface area contributed by atoms with Crippen LogP contribution in [-0.4, -0.2) is 13.1 Å². The second kappa shape index (κ2) is 3.67. The molecule has 0 saturated carbocycles. The Kier molecular flexibility index (Phi) is 2.78. The zero-order valence-electron chi connectivity index (χ0n) is 5.77. The molecule has 51 valence electrons. The quantitative estimate of drug-likeness (QED) is 0.589. The van der Waals surface area contributed by atoms with Gasteiger partial charge in [0.15, 0.2) is 0 Å². The van der Waals surface area contributed by atoms with Crippen molar-refractivity contribution in [2.45, 2.75) is 12.8 Å². The second-order valence-corrected chi connectivity index (χ2v) is 2.53. The zero-order chi connectivity index (χ0) is 6.53. The lowest BCUT2D eigenvalue weighted by Crippen LogP contribution is -2.29. The molecular weight excluding hydrogens is 112 g/mol. The number of rotatable bonds is 2. The van der Waals surface area contributed by atoms with Crippen LogP contribution in [0, 0.1) is 12.3 Å². The molecular formula is C8H14N. The van der Waals surface area contributed by atoms with E-state index in [0.717, 1.165) is 12.5 Å². The number of piperidine rings is 1. The predicted octanol–water partition coefficient (Wildman–Crippen LogP) is 1.38. The van der Waals surface area contributed by atoms with Crippen LogP contribution in [0.3, 0.4) is 0 Å². The molecule has 1 atom stereocenters. The van der Waals surface area contributed by atoms with Crippen LogP contribution in [0.4, 0.5) is 0 Å². The van der Waals surface area contributed by atoms with Gasteiger partial charge in [-0.15, -0.1) is 6.58 Å². The molecule has 1 heteroatoms. The van der Waals surface area contributed by atoms with Crippen LogP contribution in [0.2, 0.25) is 0 Å². The van der Waals surface area contributed by atoms with Gasteiger partial charge in [0.2, 0.25) is 0 Å². The number of hydrogen-bond donors (Lipinski definition) is 1. The third-order valence-corrected chi connectivity index (χ3v) is 1.74. The molecule has 0 aromatic heterocycles. The minimum Gasteiger partial charge on any atom is -0.316 e. The molecule has 1 aliphatic rings. The number of nitrogens with one attached hydrogen (secondary N) is 1. The summed E-state index contributed by atoms with van der Waals surface area (Å²) >= 11 is 0. The summed E-state index contributed by atoms with van der Waals surface area (Å²) in [7, 11) is 0. The van der Waals surface area contributed by atoms with Crippen molar-refractivity contribution < 1.29 is 0 Å². The van der Waals surface area contributed by atoms with E-state index in [9.17, 15) is 0 Å². The first-order chi connectivity index (χ1) is 4.43. The normalized spacial score (nSPS) is 27.8. The standard InChI is InChI=1S/C8H14N/c1-2-4-8-5-3-6-9-7-8/h2,4,8-9H,1,3,5-7H2/i7+2. The molecule has 0 amide bonds. The summed E-state index contributed by atoms with van der Waals surface area (Å²) in [6, 6.07) is 0. The summed E-state index contributed by atoms with van der Waals surface area (Å²) in [5.74, 6) is 0.747. The lowest BCUT2D eigenvalue weighted by atomic mass is 10.1. The summed E-state index contributed by atoms with van der Waals surface area (Å²) in [4.78, 5) is 0. The Morgan fingerprint density at radius 1 is 1.67 bits per heavy atom. The third kappa shape index (κ3) is 2.19. The van der Waals surface area contributed by atoms with Crippen molar-refractivity contribution in [1.29, 1.82) is 0 Å². The van der Waals surface area contributed by atoms with Gasteiger partial charge in [-0.1, -0.05) is 6.08 Å². The molecule has 1 saturated heterocycles. The number of allylic oxidation sites excluding steroid dienone is 1. The van der Waals surface area contributed by atoms with Crippen molar-refractivity contribution in [1.82, 2.24) is 5.32 Å². The Morgan fingerprint density at radius 3 is 3.11 bits per heavy atom. The molecule has 1 nitrogen and oxygen atoms in total. The van der Waals surface area contributed by atoms with Crippen molar-refractivity contribution >= 4 is 0 Å². The van der Waals surface area contributed by atoms with Gasteiger partial charge in [0, 0.05) is 0 Å². The molecule has 1 rings (SSSR count). The van der Waals surface area contributed by atoms with Crippen LogP contribution in [0.5, 0.6) is 0 Å². The SMILES string of the molecule is C=C[CH]C1CCCN[14CH2]1. The molecule has 0 spiro atoms. The summed E-state index contributed by atoms with van der Waals surface area (Å²) in [6.45, 7) is 6.01. The Hall–Kier alpha value is -0.300. The van der Waals surface area contributed by atoms with E-state index in [2.05, 4.69) is 18.3 Å². The maximum atomic E-state index is 3.67. The summed E-state index contributed by atoms with van der Waals surface area (Å²) in [6.07, 6.45) is 6.73. The zero-order valence-corrected chi connectivity index (χ0v) is 5.77. The highest BCUT2D eigenvalue weighted by Gasteiger charge is 2.09. The Morgan fingerprint density at radius 2 is 2.56 bits per heavy atom. The van der Waals surface area contributed by atoms with Gasteiger partial charge in [0.25, 0.3) is 0 Å². The van der Waals surface area contributed by atoms with Gasteiger partial charge in [-0.3, -0.25) is 0 Å².